The maximum absolute atomic E-state index is 12.5. The van der Waals surface area contributed by atoms with Crippen LogP contribution < -0.4 is 21.3 Å². The number of hydrogen-bond acceptors (Lipinski definition) is 13. The summed E-state index contributed by atoms with van der Waals surface area (Å²) in [5.74, 6) is -1.13. The molecule has 1 saturated heterocycles. The first kappa shape index (κ1) is 62.1. The van der Waals surface area contributed by atoms with Crippen molar-refractivity contribution < 1.29 is 38.6 Å². The highest BCUT2D eigenvalue weighted by Crippen LogP contribution is 2.31. The maximum atomic E-state index is 12.5. The van der Waals surface area contributed by atoms with Gasteiger partial charge in [0.1, 0.15) is 6.61 Å². The lowest BCUT2D eigenvalue weighted by atomic mass is 9.95. The van der Waals surface area contributed by atoms with E-state index in [1.54, 1.807) is 74.6 Å². The van der Waals surface area contributed by atoms with Crippen LogP contribution in [-0.2, 0) is 37.6 Å². The molecule has 6 aromatic heterocycles. The van der Waals surface area contributed by atoms with Crippen molar-refractivity contribution in [3.05, 3.63) is 197 Å². The van der Waals surface area contributed by atoms with E-state index in [1.807, 2.05) is 120 Å². The number of aliphatic carboxylic acids is 1. The van der Waals surface area contributed by atoms with E-state index >= 15 is 0 Å². The van der Waals surface area contributed by atoms with Crippen LogP contribution in [0, 0.1) is 20.8 Å². The van der Waals surface area contributed by atoms with Crippen molar-refractivity contribution in [2.75, 3.05) is 19.8 Å². The molecule has 7 heterocycles. The number of hydrogen-bond donors (Lipinski definition) is 5. The van der Waals surface area contributed by atoms with E-state index in [-0.39, 0.29) is 42.6 Å². The number of nitrogens with zero attached hydrogens (tertiary/aromatic N) is 10. The standard InChI is InChI=1S/C24H25N5O3.C24H27N5O2.C21H20N4O3/c1-16-2-3-18(24(31)27-20-4-5-20)9-22(16)19-11-26-29(14-19)21-8-17(10-25-12-21)13-28-6-7-32-15-23(28)30;1-15-5-6-17(23(31)27-20-7-8-20)9-22(15)18-11-26-29(14-18)21-10-19(12-25-13-21)24(3,4)28-16(2)30;1-13-2-3-15(21(28)24-17-4-5-17)8-19(13)16-10-23-25(12-16)18-6-14(7-20(26)27)9-22-11-18/h2-3,8-12,14,20H,4-7,13,15H2,1H3,(H,27,31);5-6,9-14,20H,7-8H2,1-4H3,(H,27,31)(H,28,30);2-3,6,8-12,17H,4-5,7H2,1H3,(H,24,28)(H,26,27). The molecule has 466 valence electrons. The Morgan fingerprint density at radius 1 is 0.549 bits per heavy atom. The molecule has 22 heteroatoms. The highest BCUT2D eigenvalue weighted by molar-refractivity contribution is 5.97. The Balaban J connectivity index is 0.000000140. The number of carbonyl (C=O) groups is 6. The van der Waals surface area contributed by atoms with Crippen molar-refractivity contribution in [1.29, 1.82) is 0 Å². The van der Waals surface area contributed by atoms with Crippen LogP contribution in [0.25, 0.3) is 50.4 Å². The Morgan fingerprint density at radius 3 is 1.36 bits per heavy atom. The Kier molecular flexibility index (Phi) is 18.5. The minimum absolute atomic E-state index is 0.0101. The average molecular weight is 1230 g/mol. The maximum Gasteiger partial charge on any atom is 0.307 e. The van der Waals surface area contributed by atoms with Gasteiger partial charge in [0.2, 0.25) is 11.8 Å². The lowest BCUT2D eigenvalue weighted by Gasteiger charge is -2.26. The number of morpholine rings is 1. The molecule has 3 aliphatic carbocycles. The number of benzene rings is 3. The van der Waals surface area contributed by atoms with Crippen LogP contribution in [0.5, 0.6) is 0 Å². The fourth-order valence-electron chi connectivity index (χ4n) is 10.4. The van der Waals surface area contributed by atoms with Crippen molar-refractivity contribution in [3.63, 3.8) is 0 Å². The zero-order chi connectivity index (χ0) is 63.9. The monoisotopic (exact) mass is 1220 g/mol. The SMILES string of the molecule is CC(=O)NC(C)(C)c1cncc(-n2cc(-c3cc(C(=O)NC4CC4)ccc3C)cn2)c1.Cc1ccc(C(=O)NC2CC2)cc1-c1cnn(-c2cncc(CC(=O)O)c2)c1.Cc1ccc(C(=O)NC2CC2)cc1-c1cnn(-c2cncc(CN3CCOCC3=O)c2)c1. The fourth-order valence-corrected chi connectivity index (χ4v) is 10.4. The highest BCUT2D eigenvalue weighted by Gasteiger charge is 2.28. The third-order valence-corrected chi connectivity index (χ3v) is 16.0. The molecule has 9 aromatic rings. The first-order valence-corrected chi connectivity index (χ1v) is 30.4. The van der Waals surface area contributed by atoms with Crippen LogP contribution in [0.15, 0.2) is 147 Å². The lowest BCUT2D eigenvalue weighted by Crippen LogP contribution is -2.40. The van der Waals surface area contributed by atoms with Gasteiger partial charge >= 0.3 is 5.97 Å². The second-order valence-corrected chi connectivity index (χ2v) is 24.1. The summed E-state index contributed by atoms with van der Waals surface area (Å²) in [4.78, 5) is 86.3. The molecular formula is C69H72N14O8. The van der Waals surface area contributed by atoms with E-state index < -0.39 is 11.5 Å². The molecule has 5 N–H and O–H groups in total. The predicted molar refractivity (Wildman–Crippen MR) is 340 cm³/mol. The second-order valence-electron chi connectivity index (χ2n) is 24.1. The molecule has 0 spiro atoms. The fraction of sp³-hybridized carbons (Fsp3) is 0.304. The van der Waals surface area contributed by atoms with Crippen molar-refractivity contribution in [2.24, 2.45) is 0 Å². The molecular weight excluding hydrogens is 1150 g/mol. The van der Waals surface area contributed by atoms with Crippen LogP contribution in [0.4, 0.5) is 0 Å². The van der Waals surface area contributed by atoms with E-state index in [4.69, 9.17) is 9.84 Å². The zero-order valence-electron chi connectivity index (χ0n) is 51.6. The van der Waals surface area contributed by atoms with Gasteiger partial charge in [-0.3, -0.25) is 43.7 Å². The third kappa shape index (κ3) is 16.1. The van der Waals surface area contributed by atoms with Gasteiger partial charge in [-0.2, -0.15) is 15.3 Å². The molecule has 0 radical (unpaired) electrons. The average Bonchev–Trinajstić information content (AvgIpc) is 1.81. The Morgan fingerprint density at radius 2 is 0.956 bits per heavy atom. The molecule has 1 aliphatic heterocycles. The predicted octanol–water partition coefficient (Wildman–Crippen LogP) is 8.76. The molecule has 0 bridgehead atoms. The summed E-state index contributed by atoms with van der Waals surface area (Å²) in [5.41, 5.74) is 14.9. The van der Waals surface area contributed by atoms with E-state index in [2.05, 4.69) is 51.5 Å². The van der Waals surface area contributed by atoms with E-state index in [0.717, 1.165) is 111 Å². The van der Waals surface area contributed by atoms with Crippen LogP contribution in [0.2, 0.25) is 0 Å². The number of aryl methyl sites for hydroxylation is 3. The number of ether oxygens (including phenoxy) is 1. The Labute approximate surface area is 526 Å². The first-order valence-electron chi connectivity index (χ1n) is 30.4. The Bertz CT molecular complexity index is 4210. The summed E-state index contributed by atoms with van der Waals surface area (Å²) in [6.45, 7) is 13.2. The summed E-state index contributed by atoms with van der Waals surface area (Å²) in [6.07, 6.45) is 27.4. The van der Waals surface area contributed by atoms with Gasteiger partial charge < -0.3 is 36.0 Å². The summed E-state index contributed by atoms with van der Waals surface area (Å²) in [5, 5.41) is 34.4. The normalized spacial score (nSPS) is 14.5. The molecule has 3 aromatic carbocycles. The van der Waals surface area contributed by atoms with Gasteiger partial charge in [0.15, 0.2) is 0 Å². The highest BCUT2D eigenvalue weighted by atomic mass is 16.5. The zero-order valence-corrected chi connectivity index (χ0v) is 51.6. The van der Waals surface area contributed by atoms with Gasteiger partial charge in [-0.15, -0.1) is 0 Å². The van der Waals surface area contributed by atoms with E-state index in [1.165, 1.54) is 13.1 Å². The minimum atomic E-state index is -0.906. The summed E-state index contributed by atoms with van der Waals surface area (Å²) in [7, 11) is 0. The van der Waals surface area contributed by atoms with E-state index in [9.17, 15) is 28.8 Å². The lowest BCUT2D eigenvalue weighted by molar-refractivity contribution is -0.143. The third-order valence-electron chi connectivity index (χ3n) is 16.0. The van der Waals surface area contributed by atoms with E-state index in [0.29, 0.717) is 65.8 Å². The van der Waals surface area contributed by atoms with Gasteiger partial charge in [-0.25, -0.2) is 14.0 Å². The minimum Gasteiger partial charge on any atom is -0.481 e. The van der Waals surface area contributed by atoms with Gasteiger partial charge in [0, 0.05) is 109 Å². The van der Waals surface area contributed by atoms with Crippen LogP contribution in [0.3, 0.4) is 0 Å². The molecule has 4 aliphatic rings. The molecule has 3 saturated carbocycles. The largest absolute Gasteiger partial charge is 0.481 e. The summed E-state index contributed by atoms with van der Waals surface area (Å²) >= 11 is 0. The summed E-state index contributed by atoms with van der Waals surface area (Å²) < 4.78 is 10.4. The van der Waals surface area contributed by atoms with Crippen molar-refractivity contribution in [1.82, 2.24) is 70.5 Å². The molecule has 0 atom stereocenters. The number of carboxylic acid groups (broad SMARTS) is 1. The number of pyridine rings is 3. The second kappa shape index (κ2) is 27.1. The number of rotatable bonds is 18. The van der Waals surface area contributed by atoms with Gasteiger partial charge in [-0.1, -0.05) is 18.2 Å². The number of nitrogens with one attached hydrogen (secondary N) is 4. The quantitative estimate of drug-likeness (QED) is 0.0537. The number of amides is 5. The number of carboxylic acids is 1. The topological polar surface area (TPSA) is 275 Å². The van der Waals surface area contributed by atoms with Crippen LogP contribution in [0.1, 0.15) is 124 Å². The van der Waals surface area contributed by atoms with Crippen LogP contribution >= 0.6 is 0 Å². The van der Waals surface area contributed by atoms with Gasteiger partial charge in [0.25, 0.3) is 17.7 Å². The Hall–Kier alpha value is -10.5. The summed E-state index contributed by atoms with van der Waals surface area (Å²) in [6, 6.07) is 23.8. The first-order chi connectivity index (χ1) is 43.8. The van der Waals surface area contributed by atoms with Crippen molar-refractivity contribution in [3.8, 4) is 50.4 Å². The smallest absolute Gasteiger partial charge is 0.307 e. The number of carbonyl (C=O) groups excluding carboxylic acids is 5. The van der Waals surface area contributed by atoms with Gasteiger partial charge in [0.05, 0.1) is 72.8 Å². The molecule has 13 rings (SSSR count). The molecule has 4 fully saturated rings. The van der Waals surface area contributed by atoms with Gasteiger partial charge in [-0.05, 0) is 178 Å². The van der Waals surface area contributed by atoms with Crippen LogP contribution in [-0.4, -0.2) is 128 Å². The molecule has 91 heavy (non-hydrogen) atoms. The van der Waals surface area contributed by atoms with Crippen molar-refractivity contribution >= 4 is 35.5 Å². The number of aromatic nitrogens is 9. The molecule has 5 amide bonds. The molecule has 0 unspecified atom stereocenters. The molecule has 22 nitrogen and oxygen atoms in total. The van der Waals surface area contributed by atoms with Crippen molar-refractivity contribution in [2.45, 2.75) is 117 Å².